The molecule has 0 aromatic carbocycles. The first-order chi connectivity index (χ1) is 37.3. The highest BCUT2D eigenvalue weighted by Crippen LogP contribution is 2.29. The number of ether oxygens (including phenoxy) is 5. The third kappa shape index (κ3) is 23.8. The number of likely N-dealkylation sites (tertiary alicyclic amines) is 1. The van der Waals surface area contributed by atoms with Gasteiger partial charge in [-0.15, -0.1) is 0 Å². The molecule has 0 spiro atoms. The molecule has 448 valence electrons. The molecule has 12 atom stereocenters. The first-order valence-corrected chi connectivity index (χ1v) is 25.9. The van der Waals surface area contributed by atoms with E-state index in [0.29, 0.717) is 6.42 Å². The van der Waals surface area contributed by atoms with Gasteiger partial charge in [-0.25, -0.2) is 0 Å². The van der Waals surface area contributed by atoms with Crippen molar-refractivity contribution in [2.45, 2.75) is 180 Å². The Hall–Kier alpha value is -7.61. The van der Waals surface area contributed by atoms with Crippen molar-refractivity contribution in [3.05, 3.63) is 0 Å². The Morgan fingerprint density at radius 3 is 1.80 bits per heavy atom. The normalized spacial score (nSPS) is 20.8. The fraction of sp³-hybridized carbons (Fsp3) is 0.688. The van der Waals surface area contributed by atoms with Crippen molar-refractivity contribution < 1.29 is 95.9 Å². The molecule has 2 rings (SSSR count). The van der Waals surface area contributed by atoms with Crippen LogP contribution in [0.25, 0.3) is 0 Å². The summed E-state index contributed by atoms with van der Waals surface area (Å²) in [6.45, 7) is 9.78. The lowest BCUT2D eigenvalue weighted by molar-refractivity contribution is -0.286. The number of hydrogen-bond donors (Lipinski definition) is 11. The van der Waals surface area contributed by atoms with Gasteiger partial charge < -0.3 is 87.7 Å². The Morgan fingerprint density at radius 1 is 0.675 bits per heavy atom. The molecule has 2 saturated heterocycles. The predicted octanol–water partition coefficient (Wildman–Crippen LogP) is -4.80. The molecule has 0 aliphatic carbocycles. The maximum Gasteiger partial charge on any atom is 0.303 e. The molecular formula is C48H75N11O20S. The Morgan fingerprint density at radius 2 is 1.25 bits per heavy atom. The summed E-state index contributed by atoms with van der Waals surface area (Å²) in [6, 6.07) is -10.2. The van der Waals surface area contributed by atoms with Crippen molar-refractivity contribution in [2.75, 3.05) is 26.2 Å². The molecule has 13 N–H and O–H groups in total. The lowest BCUT2D eigenvalue weighted by Gasteiger charge is -2.46. The number of aliphatic carboxylic acids is 1. The molecule has 80 heavy (non-hydrogen) atoms. The van der Waals surface area contributed by atoms with Crippen LogP contribution in [-0.4, -0.2) is 197 Å². The number of carbonyl (C=O) groups excluding carboxylic acids is 13. The Bertz CT molecular complexity index is 2320. The van der Waals surface area contributed by atoms with E-state index in [0.717, 1.165) is 32.6 Å². The van der Waals surface area contributed by atoms with Crippen LogP contribution in [0.4, 0.5) is 0 Å². The van der Waals surface area contributed by atoms with Crippen LogP contribution in [0, 0.1) is 5.92 Å². The fourth-order valence-electron chi connectivity index (χ4n) is 8.34. The maximum atomic E-state index is 14.5. The zero-order valence-electron chi connectivity index (χ0n) is 46.0. The van der Waals surface area contributed by atoms with Crippen LogP contribution in [0.15, 0.2) is 0 Å². The highest BCUT2D eigenvalue weighted by molar-refractivity contribution is 7.80. The summed E-state index contributed by atoms with van der Waals surface area (Å²) in [5.74, 6) is -13.1. The minimum absolute atomic E-state index is 0.000651. The molecule has 2 aliphatic rings. The predicted molar refractivity (Wildman–Crippen MR) is 278 cm³/mol. The Balaban J connectivity index is 2.62. The van der Waals surface area contributed by atoms with Crippen molar-refractivity contribution in [1.29, 1.82) is 0 Å². The largest absolute Gasteiger partial charge is 0.481 e. The molecular weight excluding hydrogens is 1080 g/mol. The summed E-state index contributed by atoms with van der Waals surface area (Å²) in [6.07, 6.45) is -9.02. The average molecular weight is 1160 g/mol. The van der Waals surface area contributed by atoms with Crippen molar-refractivity contribution in [3.8, 4) is 0 Å². The van der Waals surface area contributed by atoms with Crippen LogP contribution in [0.3, 0.4) is 0 Å². The van der Waals surface area contributed by atoms with Crippen molar-refractivity contribution >= 4 is 100 Å². The number of carboxylic acids is 1. The van der Waals surface area contributed by atoms with Gasteiger partial charge in [-0.1, -0.05) is 26.1 Å². The number of amides is 10. The lowest BCUT2D eigenvalue weighted by Crippen LogP contribution is -2.67. The van der Waals surface area contributed by atoms with E-state index >= 15 is 0 Å². The van der Waals surface area contributed by atoms with E-state index in [4.69, 9.17) is 47.4 Å². The van der Waals surface area contributed by atoms with E-state index in [2.05, 4.69) is 42.5 Å². The van der Waals surface area contributed by atoms with E-state index < -0.39 is 195 Å². The fourth-order valence-corrected chi connectivity index (χ4v) is 8.48. The van der Waals surface area contributed by atoms with Gasteiger partial charge in [0.25, 0.3) is 0 Å². The van der Waals surface area contributed by atoms with Gasteiger partial charge in [-0.05, 0) is 58.8 Å². The summed E-state index contributed by atoms with van der Waals surface area (Å²) in [5, 5.41) is 28.9. The second-order valence-corrected chi connectivity index (χ2v) is 20.0. The molecule has 2 fully saturated rings. The first kappa shape index (κ1) is 68.5. The second kappa shape index (κ2) is 33.1. The smallest absolute Gasteiger partial charge is 0.303 e. The minimum atomic E-state index is -1.91. The highest BCUT2D eigenvalue weighted by Gasteiger charge is 2.52. The van der Waals surface area contributed by atoms with Gasteiger partial charge in [0.1, 0.15) is 55.0 Å². The first-order valence-electron chi connectivity index (χ1n) is 25.5. The second-order valence-electron chi connectivity index (χ2n) is 19.4. The molecule has 0 unspecified atom stereocenters. The number of thiocarbonyl (C=S) groups is 1. The maximum absolute atomic E-state index is 14.5. The van der Waals surface area contributed by atoms with Crippen LogP contribution >= 0.6 is 12.2 Å². The van der Waals surface area contributed by atoms with Crippen LogP contribution < -0.4 is 54.0 Å². The van der Waals surface area contributed by atoms with Crippen molar-refractivity contribution in [1.82, 2.24) is 47.4 Å². The van der Waals surface area contributed by atoms with Gasteiger partial charge in [-0.3, -0.25) is 67.1 Å². The average Bonchev–Trinajstić information content (AvgIpc) is 3.84. The third-order valence-electron chi connectivity index (χ3n) is 11.9. The Kier molecular flexibility index (Phi) is 28.3. The summed E-state index contributed by atoms with van der Waals surface area (Å²) in [5.41, 5.74) is 10.6. The number of nitrogens with one attached hydrogen (secondary N) is 8. The van der Waals surface area contributed by atoms with Gasteiger partial charge in [0.15, 0.2) is 18.5 Å². The van der Waals surface area contributed by atoms with Gasteiger partial charge >= 0.3 is 23.9 Å². The molecule has 0 bridgehead atoms. The molecule has 0 aromatic rings. The quantitative estimate of drug-likeness (QED) is 0.0176. The Labute approximate surface area is 466 Å². The number of rotatable bonds is 31. The topological polar surface area (TPSA) is 457 Å². The van der Waals surface area contributed by atoms with Crippen LogP contribution in [0.5, 0.6) is 0 Å². The van der Waals surface area contributed by atoms with Gasteiger partial charge in [0, 0.05) is 47.1 Å². The lowest BCUT2D eigenvalue weighted by atomic mass is 9.95. The summed E-state index contributed by atoms with van der Waals surface area (Å²) < 4.78 is 28.8. The zero-order chi connectivity index (χ0) is 60.7. The number of nitrogens with two attached hydrogens (primary N) is 2. The SMILES string of the molecule is CC(=O)N[C@@H](CCC(=O)O)C(=O)N[C@@H](CC(C)C)C(=O)N[C@@H](C)C(=O)N[C@@H](CCC(N)=O)C(=O)N[C@H](C(=O)NCC(=O)N1CCC[C@H]1C(=O)NCC(N)=O)[C@@H](C)O[C@H]1O[C@H](COC(C)=O)[C@H](OC(C)=O)[C@H](OC(C)=O)[C@H]1NC(C)=S. The van der Waals surface area contributed by atoms with Crippen molar-refractivity contribution in [2.24, 2.45) is 17.4 Å². The highest BCUT2D eigenvalue weighted by atomic mass is 32.1. The zero-order valence-corrected chi connectivity index (χ0v) is 46.8. The van der Waals surface area contributed by atoms with E-state index in [1.807, 2.05) is 0 Å². The van der Waals surface area contributed by atoms with E-state index in [9.17, 15) is 72.2 Å². The van der Waals surface area contributed by atoms with Gasteiger partial charge in [0.05, 0.1) is 24.2 Å². The monoisotopic (exact) mass is 1160 g/mol. The molecule has 2 heterocycles. The molecule has 0 aromatic heterocycles. The number of primary amides is 2. The van der Waals surface area contributed by atoms with Gasteiger partial charge in [-0.2, -0.15) is 0 Å². The van der Waals surface area contributed by atoms with E-state index in [1.54, 1.807) is 13.8 Å². The van der Waals surface area contributed by atoms with Crippen molar-refractivity contribution in [3.63, 3.8) is 0 Å². The number of nitrogens with zero attached hydrogens (tertiary/aromatic N) is 1. The molecule has 10 amide bonds. The molecule has 31 nitrogen and oxygen atoms in total. The van der Waals surface area contributed by atoms with E-state index in [-0.39, 0.29) is 36.7 Å². The number of carbonyl (C=O) groups is 14. The molecule has 32 heteroatoms. The minimum Gasteiger partial charge on any atom is -0.481 e. The van der Waals surface area contributed by atoms with Crippen LogP contribution in [0.2, 0.25) is 0 Å². The molecule has 0 radical (unpaired) electrons. The third-order valence-corrected chi connectivity index (χ3v) is 12.1. The van der Waals surface area contributed by atoms with Gasteiger partial charge in [0.2, 0.25) is 59.1 Å². The molecule has 0 saturated carbocycles. The van der Waals surface area contributed by atoms with Crippen LogP contribution in [0.1, 0.15) is 107 Å². The standard InChI is InChI=1S/C48H75N11O20S/c1-21(2)17-31(57-43(70)29(54-24(5)60)13-15-37(67)68)45(72)53-22(3)42(69)56-30(12-14-34(49)64)44(71)58-38(47(74)52-19-36(66)59-16-10-11-32(59)46(73)51-18-35(50)65)23(4)76-48-39(55-25(6)80)41(78-28(9)63)40(77-27(8)62)33(79-48)20-75-26(7)61/h21-23,29-33,38-41,48H,10-20H2,1-9H3,(H2,49,64)(H2,50,65)(H,51,73)(H,52,74)(H,53,72)(H,54,60)(H,55,80)(H,56,69)(H,57,70)(H,58,71)(H,67,68)/t22-,23+,29-,30-,31-,32-,33+,38-,39+,40-,41+,48-/m0/s1. The summed E-state index contributed by atoms with van der Waals surface area (Å²) in [7, 11) is 0. The van der Waals surface area contributed by atoms with E-state index in [1.165, 1.54) is 20.8 Å². The van der Waals surface area contributed by atoms with Crippen LogP contribution in [-0.2, 0) is 90.8 Å². The number of esters is 3. The summed E-state index contributed by atoms with van der Waals surface area (Å²) >= 11 is 5.31. The summed E-state index contributed by atoms with van der Waals surface area (Å²) in [4.78, 5) is 181. The molecule has 2 aliphatic heterocycles. The number of carboxylic acid groups (broad SMARTS) is 1. The number of hydrogen-bond acceptors (Lipinski definition) is 20.